The fourth-order valence-corrected chi connectivity index (χ4v) is 3.28. The Kier molecular flexibility index (Phi) is 5.70. The van der Waals surface area contributed by atoms with E-state index in [-0.39, 0.29) is 6.61 Å². The van der Waals surface area contributed by atoms with Crippen molar-refractivity contribution in [3.05, 3.63) is 40.7 Å². The first-order valence-electron chi connectivity index (χ1n) is 7.44. The summed E-state index contributed by atoms with van der Waals surface area (Å²) in [5.74, 6) is 0.380. The highest BCUT2D eigenvalue weighted by Gasteiger charge is 2.18. The normalized spacial score (nSPS) is 12.4. The summed E-state index contributed by atoms with van der Waals surface area (Å²) in [6.45, 7) is 8.11. The Bertz CT molecular complexity index is 556. The molecule has 0 aliphatic heterocycles. The number of hydrogen-bond acceptors (Lipinski definition) is 5. The van der Waals surface area contributed by atoms with Crippen LogP contribution in [0.3, 0.4) is 0 Å². The maximum absolute atomic E-state index is 9.56. The van der Waals surface area contributed by atoms with Crippen molar-refractivity contribution >= 4 is 16.5 Å². The summed E-state index contributed by atoms with van der Waals surface area (Å²) in [7, 11) is 0. The molecule has 0 radical (unpaired) electrons. The van der Waals surface area contributed by atoms with Gasteiger partial charge in [-0.15, -0.1) is 0 Å². The molecule has 2 rings (SSSR count). The molecule has 2 aromatic rings. The lowest BCUT2D eigenvalue weighted by Gasteiger charge is -2.19. The van der Waals surface area contributed by atoms with Crippen LogP contribution < -0.4 is 4.90 Å². The van der Waals surface area contributed by atoms with Gasteiger partial charge in [0.25, 0.3) is 0 Å². The summed E-state index contributed by atoms with van der Waals surface area (Å²) in [5, 5.41) is 10.5. The zero-order valence-corrected chi connectivity index (χ0v) is 13.7. The highest BCUT2D eigenvalue weighted by atomic mass is 32.1. The second-order valence-electron chi connectivity index (χ2n) is 5.11. The van der Waals surface area contributed by atoms with E-state index in [0.717, 1.165) is 40.9 Å². The van der Waals surface area contributed by atoms with Gasteiger partial charge < -0.3 is 10.0 Å². The lowest BCUT2D eigenvalue weighted by Crippen LogP contribution is -2.22. The molecule has 2 aromatic heterocycles. The van der Waals surface area contributed by atoms with E-state index < -0.39 is 0 Å². The van der Waals surface area contributed by atoms with Gasteiger partial charge in [-0.3, -0.25) is 4.98 Å². The molecule has 114 valence electrons. The van der Waals surface area contributed by atoms with Gasteiger partial charge in [0.2, 0.25) is 0 Å². The summed E-state index contributed by atoms with van der Waals surface area (Å²) < 4.78 is 0. The second kappa shape index (κ2) is 7.52. The maximum atomic E-state index is 9.56. The van der Waals surface area contributed by atoms with Gasteiger partial charge in [-0.1, -0.05) is 31.3 Å². The Morgan fingerprint density at radius 1 is 1.33 bits per heavy atom. The third kappa shape index (κ3) is 3.80. The fourth-order valence-electron chi connectivity index (χ4n) is 2.18. The van der Waals surface area contributed by atoms with Crippen LogP contribution in [0.25, 0.3) is 0 Å². The molecule has 0 bridgehead atoms. The van der Waals surface area contributed by atoms with Crippen molar-refractivity contribution in [3.8, 4) is 0 Å². The van der Waals surface area contributed by atoms with Crippen molar-refractivity contribution in [1.29, 1.82) is 0 Å². The third-order valence-corrected chi connectivity index (χ3v) is 4.79. The quantitative estimate of drug-likeness (QED) is 0.849. The molecule has 0 saturated heterocycles. The van der Waals surface area contributed by atoms with Crippen molar-refractivity contribution in [3.63, 3.8) is 0 Å². The van der Waals surface area contributed by atoms with Gasteiger partial charge in [-0.25, -0.2) is 4.98 Å². The van der Waals surface area contributed by atoms with Gasteiger partial charge in [0.15, 0.2) is 5.13 Å². The Balaban J connectivity index is 2.24. The number of rotatable bonds is 7. The lowest BCUT2D eigenvalue weighted by molar-refractivity contribution is 0.283. The Morgan fingerprint density at radius 3 is 2.71 bits per heavy atom. The van der Waals surface area contributed by atoms with Gasteiger partial charge in [0, 0.05) is 12.7 Å². The van der Waals surface area contributed by atoms with E-state index >= 15 is 0 Å². The van der Waals surface area contributed by atoms with Gasteiger partial charge in [-0.2, -0.15) is 0 Å². The fraction of sp³-hybridized carbons (Fsp3) is 0.500. The molecule has 21 heavy (non-hydrogen) atoms. The number of thiazole rings is 1. The lowest BCUT2D eigenvalue weighted by atomic mass is 10.0. The SMILES string of the molecule is CCC(C)c1nc(N(CC)Cc2ccccn2)sc1CO. The minimum absolute atomic E-state index is 0.0679. The van der Waals surface area contributed by atoms with Crippen LogP contribution in [0, 0.1) is 0 Å². The van der Waals surface area contributed by atoms with Crippen molar-refractivity contribution in [2.24, 2.45) is 0 Å². The second-order valence-corrected chi connectivity index (χ2v) is 6.17. The first kappa shape index (κ1) is 15.9. The number of pyridine rings is 1. The van der Waals surface area contributed by atoms with Gasteiger partial charge in [0.05, 0.1) is 29.4 Å². The molecule has 4 nitrogen and oxygen atoms in total. The summed E-state index contributed by atoms with van der Waals surface area (Å²) in [4.78, 5) is 12.3. The van der Waals surface area contributed by atoms with E-state index in [9.17, 15) is 5.11 Å². The van der Waals surface area contributed by atoms with E-state index in [1.165, 1.54) is 0 Å². The highest BCUT2D eigenvalue weighted by molar-refractivity contribution is 7.15. The topological polar surface area (TPSA) is 49.2 Å². The molecule has 0 aliphatic rings. The standard InChI is InChI=1S/C16H23N3OS/c1-4-12(3)15-14(11-20)21-16(18-15)19(5-2)10-13-8-6-7-9-17-13/h6-9,12,20H,4-5,10-11H2,1-3H3. The van der Waals surface area contributed by atoms with Crippen molar-refractivity contribution < 1.29 is 5.11 Å². The number of anilines is 1. The number of aromatic nitrogens is 2. The van der Waals surface area contributed by atoms with Crippen LogP contribution in [0.5, 0.6) is 0 Å². The van der Waals surface area contributed by atoms with Crippen LogP contribution in [-0.2, 0) is 13.2 Å². The predicted molar refractivity (Wildman–Crippen MR) is 87.7 cm³/mol. The van der Waals surface area contributed by atoms with E-state index in [2.05, 4.69) is 30.7 Å². The van der Waals surface area contributed by atoms with Gasteiger partial charge in [0.1, 0.15) is 0 Å². The van der Waals surface area contributed by atoms with Crippen LogP contribution in [0.15, 0.2) is 24.4 Å². The molecule has 1 atom stereocenters. The first-order valence-corrected chi connectivity index (χ1v) is 8.26. The number of aliphatic hydroxyl groups is 1. The molecule has 2 heterocycles. The van der Waals surface area contributed by atoms with Crippen LogP contribution in [-0.4, -0.2) is 21.6 Å². The molecule has 0 aliphatic carbocycles. The van der Waals surface area contributed by atoms with Crippen molar-refractivity contribution in [2.75, 3.05) is 11.4 Å². The largest absolute Gasteiger partial charge is 0.391 e. The molecule has 0 spiro atoms. The van der Waals surface area contributed by atoms with E-state index in [0.29, 0.717) is 5.92 Å². The summed E-state index contributed by atoms with van der Waals surface area (Å²) in [6, 6.07) is 5.95. The summed E-state index contributed by atoms with van der Waals surface area (Å²) >= 11 is 1.59. The average Bonchev–Trinajstić information content (AvgIpc) is 2.97. The summed E-state index contributed by atoms with van der Waals surface area (Å²) in [6.07, 6.45) is 2.84. The predicted octanol–water partition coefficient (Wildman–Crippen LogP) is 3.57. The smallest absolute Gasteiger partial charge is 0.186 e. The van der Waals surface area contributed by atoms with Crippen molar-refractivity contribution in [1.82, 2.24) is 9.97 Å². The minimum Gasteiger partial charge on any atom is -0.391 e. The highest BCUT2D eigenvalue weighted by Crippen LogP contribution is 2.32. The first-order chi connectivity index (χ1) is 10.2. The van der Waals surface area contributed by atoms with Crippen molar-refractivity contribution in [2.45, 2.75) is 46.3 Å². The van der Waals surface area contributed by atoms with Gasteiger partial charge in [-0.05, 0) is 31.4 Å². The number of nitrogens with zero attached hydrogens (tertiary/aromatic N) is 3. The number of aliphatic hydroxyl groups excluding tert-OH is 1. The molecule has 5 heteroatoms. The minimum atomic E-state index is 0.0679. The molecule has 0 aromatic carbocycles. The molecular weight excluding hydrogens is 282 g/mol. The Labute approximate surface area is 130 Å². The van der Waals surface area contributed by atoms with Crippen LogP contribution >= 0.6 is 11.3 Å². The molecule has 1 unspecified atom stereocenters. The third-order valence-electron chi connectivity index (χ3n) is 3.67. The molecular formula is C16H23N3OS. The zero-order chi connectivity index (χ0) is 15.2. The Morgan fingerprint density at radius 2 is 2.14 bits per heavy atom. The molecule has 1 N–H and O–H groups in total. The zero-order valence-electron chi connectivity index (χ0n) is 12.9. The average molecular weight is 305 g/mol. The van der Waals surface area contributed by atoms with Crippen LogP contribution in [0.1, 0.15) is 49.4 Å². The molecule has 0 amide bonds. The van der Waals surface area contributed by atoms with E-state index in [1.54, 1.807) is 11.3 Å². The van der Waals surface area contributed by atoms with E-state index in [1.807, 2.05) is 24.4 Å². The monoisotopic (exact) mass is 305 g/mol. The van der Waals surface area contributed by atoms with Crippen LogP contribution in [0.2, 0.25) is 0 Å². The molecule has 0 fully saturated rings. The maximum Gasteiger partial charge on any atom is 0.186 e. The summed E-state index contributed by atoms with van der Waals surface area (Å²) in [5.41, 5.74) is 2.07. The van der Waals surface area contributed by atoms with Crippen LogP contribution in [0.4, 0.5) is 5.13 Å². The molecule has 0 saturated carbocycles. The van der Waals surface area contributed by atoms with Gasteiger partial charge >= 0.3 is 0 Å². The number of hydrogen-bond donors (Lipinski definition) is 1. The Hall–Kier alpha value is -1.46. The van der Waals surface area contributed by atoms with E-state index in [4.69, 9.17) is 4.98 Å².